The number of H-pyrrole nitrogens is 1. The Morgan fingerprint density at radius 3 is 3.17 bits per heavy atom. The molecule has 1 atom stereocenters. The number of hydrogen-bond donors (Lipinski definition) is 3. The highest BCUT2D eigenvalue weighted by molar-refractivity contribution is 5.80. The van der Waals surface area contributed by atoms with Gasteiger partial charge in [-0.2, -0.15) is 5.10 Å². The molecule has 0 aliphatic rings. The summed E-state index contributed by atoms with van der Waals surface area (Å²) < 4.78 is 0. The molecule has 0 unspecified atom stereocenters. The number of rotatable bonds is 3. The number of nitrogens with zero attached hydrogens (tertiary/aromatic N) is 2. The van der Waals surface area contributed by atoms with E-state index >= 15 is 0 Å². The maximum Gasteiger partial charge on any atom is 0.237 e. The molecule has 0 fully saturated rings. The van der Waals surface area contributed by atoms with Crippen molar-refractivity contribution in [2.75, 3.05) is 0 Å². The minimum atomic E-state index is -0.493. The highest BCUT2D eigenvalue weighted by Crippen LogP contribution is 1.84. The first-order valence-electron chi connectivity index (χ1n) is 3.57. The van der Waals surface area contributed by atoms with E-state index in [1.807, 2.05) is 0 Å². The predicted octanol–water partition coefficient (Wildman–Crippen LogP) is -1.23. The zero-order chi connectivity index (χ0) is 8.97. The molecule has 0 aliphatic carbocycles. The second-order valence-corrected chi connectivity index (χ2v) is 2.44. The van der Waals surface area contributed by atoms with Crippen LogP contribution in [0.3, 0.4) is 0 Å². The highest BCUT2D eigenvalue weighted by atomic mass is 16.2. The van der Waals surface area contributed by atoms with Crippen LogP contribution in [-0.2, 0) is 11.3 Å². The summed E-state index contributed by atoms with van der Waals surface area (Å²) in [5.74, 6) is 0.412. The Labute approximate surface area is 69.6 Å². The van der Waals surface area contributed by atoms with Gasteiger partial charge in [0.1, 0.15) is 12.2 Å². The maximum absolute atomic E-state index is 10.9. The zero-order valence-corrected chi connectivity index (χ0v) is 6.74. The molecule has 1 aromatic rings. The highest BCUT2D eigenvalue weighted by Gasteiger charge is 2.06. The third kappa shape index (κ3) is 2.31. The Morgan fingerprint density at radius 1 is 1.92 bits per heavy atom. The summed E-state index contributed by atoms with van der Waals surface area (Å²) >= 11 is 0. The van der Waals surface area contributed by atoms with Crippen molar-refractivity contribution in [3.8, 4) is 0 Å². The van der Waals surface area contributed by atoms with E-state index in [0.29, 0.717) is 12.4 Å². The molecule has 0 saturated carbocycles. The molecule has 66 valence electrons. The number of aromatic nitrogens is 3. The Kier molecular flexibility index (Phi) is 2.76. The molecule has 1 heterocycles. The minimum Gasteiger partial charge on any atom is -0.347 e. The molecule has 1 aromatic heterocycles. The van der Waals surface area contributed by atoms with E-state index < -0.39 is 6.04 Å². The van der Waals surface area contributed by atoms with E-state index in [1.165, 1.54) is 6.33 Å². The average Bonchev–Trinajstić information content (AvgIpc) is 2.51. The number of carbonyl (C=O) groups excluding carboxylic acids is 1. The smallest absolute Gasteiger partial charge is 0.237 e. The van der Waals surface area contributed by atoms with Gasteiger partial charge in [0.05, 0.1) is 12.6 Å². The molecule has 0 saturated heterocycles. The third-order valence-electron chi connectivity index (χ3n) is 1.31. The summed E-state index contributed by atoms with van der Waals surface area (Å²) in [4.78, 5) is 14.8. The molecule has 12 heavy (non-hydrogen) atoms. The van der Waals surface area contributed by atoms with Crippen molar-refractivity contribution in [1.29, 1.82) is 0 Å². The summed E-state index contributed by atoms with van der Waals surface area (Å²) in [5.41, 5.74) is 5.32. The van der Waals surface area contributed by atoms with Crippen LogP contribution >= 0.6 is 0 Å². The fourth-order valence-corrected chi connectivity index (χ4v) is 0.648. The van der Waals surface area contributed by atoms with Crippen molar-refractivity contribution >= 4 is 5.91 Å². The summed E-state index contributed by atoms with van der Waals surface area (Å²) in [6.45, 7) is 1.95. The molecule has 4 N–H and O–H groups in total. The lowest BCUT2D eigenvalue weighted by atomic mass is 10.3. The SMILES string of the molecule is C[C@H](N)C(=O)NCc1ncn[nH]1. The number of nitrogens with one attached hydrogen (secondary N) is 2. The zero-order valence-electron chi connectivity index (χ0n) is 6.74. The van der Waals surface area contributed by atoms with Gasteiger partial charge in [-0.05, 0) is 6.92 Å². The second kappa shape index (κ2) is 3.82. The van der Waals surface area contributed by atoms with E-state index in [2.05, 4.69) is 20.5 Å². The first-order valence-corrected chi connectivity index (χ1v) is 3.57. The standard InChI is InChI=1S/C6H11N5O/c1-4(7)6(12)8-2-5-9-3-10-11-5/h3-4H,2,7H2,1H3,(H,8,12)(H,9,10,11)/t4-/m0/s1. The number of carbonyl (C=O) groups is 1. The monoisotopic (exact) mass is 169 g/mol. The quantitative estimate of drug-likeness (QED) is 0.527. The first kappa shape index (κ1) is 8.66. The maximum atomic E-state index is 10.9. The molecule has 0 aliphatic heterocycles. The number of hydrogen-bond acceptors (Lipinski definition) is 4. The second-order valence-electron chi connectivity index (χ2n) is 2.44. The largest absolute Gasteiger partial charge is 0.347 e. The van der Waals surface area contributed by atoms with Gasteiger partial charge >= 0.3 is 0 Å². The Morgan fingerprint density at radius 2 is 2.67 bits per heavy atom. The molecule has 0 radical (unpaired) electrons. The van der Waals surface area contributed by atoms with Crippen LogP contribution in [0.15, 0.2) is 6.33 Å². The van der Waals surface area contributed by atoms with Gasteiger partial charge in [0, 0.05) is 0 Å². The predicted molar refractivity (Wildman–Crippen MR) is 41.9 cm³/mol. The topological polar surface area (TPSA) is 96.7 Å². The van der Waals surface area contributed by atoms with Crippen molar-refractivity contribution in [1.82, 2.24) is 20.5 Å². The van der Waals surface area contributed by atoms with Gasteiger partial charge in [-0.25, -0.2) is 4.98 Å². The fraction of sp³-hybridized carbons (Fsp3) is 0.500. The van der Waals surface area contributed by atoms with Crippen LogP contribution in [0.25, 0.3) is 0 Å². The summed E-state index contributed by atoms with van der Waals surface area (Å²) in [6, 6.07) is -0.493. The Hall–Kier alpha value is -1.43. The average molecular weight is 169 g/mol. The molecule has 0 aromatic carbocycles. The lowest BCUT2D eigenvalue weighted by Gasteiger charge is -2.04. The van der Waals surface area contributed by atoms with Crippen LogP contribution in [0, 0.1) is 0 Å². The molecule has 6 nitrogen and oxygen atoms in total. The Bertz CT molecular complexity index is 242. The van der Waals surface area contributed by atoms with E-state index in [0.717, 1.165) is 0 Å². The molecule has 0 bridgehead atoms. The lowest BCUT2D eigenvalue weighted by molar-refractivity contribution is -0.122. The number of amides is 1. The van der Waals surface area contributed by atoms with E-state index in [9.17, 15) is 4.79 Å². The summed E-state index contributed by atoms with van der Waals surface area (Å²) in [7, 11) is 0. The Balaban J connectivity index is 2.32. The third-order valence-corrected chi connectivity index (χ3v) is 1.31. The van der Waals surface area contributed by atoms with Crippen molar-refractivity contribution in [2.24, 2.45) is 5.73 Å². The van der Waals surface area contributed by atoms with Crippen LogP contribution in [0.4, 0.5) is 0 Å². The van der Waals surface area contributed by atoms with Gasteiger partial charge in [-0.15, -0.1) is 0 Å². The molecule has 1 rings (SSSR count). The van der Waals surface area contributed by atoms with Crippen molar-refractivity contribution < 1.29 is 4.79 Å². The summed E-state index contributed by atoms with van der Waals surface area (Å²) in [5, 5.41) is 8.83. The van der Waals surface area contributed by atoms with E-state index in [4.69, 9.17) is 5.73 Å². The normalized spacial score (nSPS) is 12.5. The minimum absolute atomic E-state index is 0.202. The van der Waals surface area contributed by atoms with Crippen LogP contribution in [-0.4, -0.2) is 27.1 Å². The van der Waals surface area contributed by atoms with Gasteiger partial charge in [-0.3, -0.25) is 9.89 Å². The molecular formula is C6H11N5O. The van der Waals surface area contributed by atoms with Gasteiger partial charge in [-0.1, -0.05) is 0 Å². The van der Waals surface area contributed by atoms with E-state index in [-0.39, 0.29) is 5.91 Å². The van der Waals surface area contributed by atoms with Crippen LogP contribution < -0.4 is 11.1 Å². The number of aromatic amines is 1. The van der Waals surface area contributed by atoms with Crippen LogP contribution in [0.1, 0.15) is 12.7 Å². The van der Waals surface area contributed by atoms with Gasteiger partial charge in [0.25, 0.3) is 0 Å². The molecular weight excluding hydrogens is 158 g/mol. The first-order chi connectivity index (χ1) is 5.70. The molecule has 6 heteroatoms. The number of nitrogens with two attached hydrogens (primary N) is 1. The van der Waals surface area contributed by atoms with Crippen molar-refractivity contribution in [3.05, 3.63) is 12.2 Å². The lowest BCUT2D eigenvalue weighted by Crippen LogP contribution is -2.38. The van der Waals surface area contributed by atoms with E-state index in [1.54, 1.807) is 6.92 Å². The molecule has 1 amide bonds. The van der Waals surface area contributed by atoms with Gasteiger partial charge < -0.3 is 11.1 Å². The van der Waals surface area contributed by atoms with Gasteiger partial charge in [0.15, 0.2) is 0 Å². The van der Waals surface area contributed by atoms with Crippen LogP contribution in [0.2, 0.25) is 0 Å². The van der Waals surface area contributed by atoms with Crippen LogP contribution in [0.5, 0.6) is 0 Å². The van der Waals surface area contributed by atoms with Gasteiger partial charge in [0.2, 0.25) is 5.91 Å². The van der Waals surface area contributed by atoms with Crippen molar-refractivity contribution in [2.45, 2.75) is 19.5 Å². The summed E-state index contributed by atoms with van der Waals surface area (Å²) in [6.07, 6.45) is 1.38. The molecule has 0 spiro atoms. The van der Waals surface area contributed by atoms with Crippen molar-refractivity contribution in [3.63, 3.8) is 0 Å². The fourth-order valence-electron chi connectivity index (χ4n) is 0.648.